The van der Waals surface area contributed by atoms with Gasteiger partial charge in [0.25, 0.3) is 0 Å². The quantitative estimate of drug-likeness (QED) is 0.0602. The number of unbranched alkanes of at least 4 members (excludes halogenated alkanes) is 2. The Kier molecular flexibility index (Phi) is 17.7. The highest BCUT2D eigenvalue weighted by Gasteiger charge is 2.39. The number of hydrogen-bond donors (Lipinski definition) is 4. The first kappa shape index (κ1) is 39.5. The van der Waals surface area contributed by atoms with Gasteiger partial charge in [0.15, 0.2) is 7.85 Å². The summed E-state index contributed by atoms with van der Waals surface area (Å²) in [5, 5.41) is 9.91. The zero-order valence-corrected chi connectivity index (χ0v) is 28.8. The van der Waals surface area contributed by atoms with Gasteiger partial charge in [0, 0.05) is 19.4 Å². The van der Waals surface area contributed by atoms with E-state index in [2.05, 4.69) is 42.0 Å². The number of rotatable bonds is 21. The van der Waals surface area contributed by atoms with Crippen molar-refractivity contribution >= 4 is 72.5 Å². The maximum absolute atomic E-state index is 12.7. The minimum Gasteiger partial charge on any atom is -0.345 e. The number of carbonyl (C=O) groups excluding carboxylic acids is 7. The number of nitrogens with zero attached hydrogens (tertiary/aromatic N) is 1. The fourth-order valence-corrected chi connectivity index (χ4v) is 6.13. The number of carbonyl (C=O) groups is 7. The van der Waals surface area contributed by atoms with Crippen LogP contribution in [0.15, 0.2) is 0 Å². The first-order valence-electron chi connectivity index (χ1n) is 15.3. The van der Waals surface area contributed by atoms with Crippen molar-refractivity contribution in [3.05, 3.63) is 0 Å². The molecular weight excluding hydrogens is 605 g/mol. The second-order valence-electron chi connectivity index (χ2n) is 12.0. The van der Waals surface area contributed by atoms with Gasteiger partial charge in [0.1, 0.15) is 18.1 Å². The van der Waals surface area contributed by atoms with Gasteiger partial charge in [-0.2, -0.15) is 0 Å². The highest BCUT2D eigenvalue weighted by molar-refractivity contribution is 8.00. The van der Waals surface area contributed by atoms with Gasteiger partial charge in [-0.05, 0) is 57.0 Å². The summed E-state index contributed by atoms with van der Waals surface area (Å²) < 4.78 is 0. The number of nitrogens with one attached hydrogen (secondary N) is 4. The second-order valence-corrected chi connectivity index (χ2v) is 14.3. The van der Waals surface area contributed by atoms with Gasteiger partial charge in [-0.3, -0.25) is 33.7 Å². The van der Waals surface area contributed by atoms with Gasteiger partial charge >= 0.3 is 0 Å². The van der Waals surface area contributed by atoms with Crippen LogP contribution in [0.3, 0.4) is 0 Å². The van der Waals surface area contributed by atoms with Crippen LogP contribution in [-0.2, 0) is 33.6 Å². The number of imide groups is 1. The lowest BCUT2D eigenvalue weighted by atomic mass is 9.93. The van der Waals surface area contributed by atoms with Gasteiger partial charge in [-0.25, -0.2) is 0 Å². The van der Waals surface area contributed by atoms with E-state index in [1.807, 2.05) is 0 Å². The van der Waals surface area contributed by atoms with Crippen molar-refractivity contribution in [1.82, 2.24) is 26.2 Å². The van der Waals surface area contributed by atoms with Crippen LogP contribution < -0.4 is 21.3 Å². The summed E-state index contributed by atoms with van der Waals surface area (Å²) in [5.41, 5.74) is 0.245. The first-order valence-corrected chi connectivity index (χ1v) is 17.5. The lowest BCUT2D eigenvalue weighted by Crippen LogP contribution is -2.54. The summed E-state index contributed by atoms with van der Waals surface area (Å²) in [6, 6.07) is -2.75. The Morgan fingerprint density at radius 2 is 1.50 bits per heavy atom. The highest BCUT2D eigenvalue weighted by Crippen LogP contribution is 2.32. The fraction of sp³-hybridized carbons (Fsp3) is 0.759. The van der Waals surface area contributed by atoms with Crippen LogP contribution in [0.4, 0.5) is 0 Å². The minimum atomic E-state index is -0.970. The summed E-state index contributed by atoms with van der Waals surface area (Å²) in [6.45, 7) is 10.7. The van der Waals surface area contributed by atoms with Crippen LogP contribution in [0.5, 0.6) is 0 Å². The molecule has 12 nitrogen and oxygen atoms in total. The average Bonchev–Trinajstić information content (AvgIpc) is 3.23. The maximum atomic E-state index is 12.7. The topological polar surface area (TPSA) is 171 Å². The van der Waals surface area contributed by atoms with E-state index in [9.17, 15) is 33.6 Å². The smallest absolute Gasteiger partial charge is 0.242 e. The summed E-state index contributed by atoms with van der Waals surface area (Å²) in [5.74, 6) is -0.613. The zero-order chi connectivity index (χ0) is 33.4. The van der Waals surface area contributed by atoms with E-state index >= 15 is 0 Å². The Hall–Kier alpha value is -2.55. The number of amides is 6. The molecule has 44 heavy (non-hydrogen) atoms. The molecule has 0 aliphatic carbocycles. The number of hydrogen-bond acceptors (Lipinski definition) is 9. The minimum absolute atomic E-state index is 0.0569. The summed E-state index contributed by atoms with van der Waals surface area (Å²) in [4.78, 5) is 87.0. The Morgan fingerprint density at radius 3 is 2.09 bits per heavy atom. The molecule has 4 N–H and O–H groups in total. The third-order valence-corrected chi connectivity index (χ3v) is 9.98. The molecule has 0 bridgehead atoms. The average molecular weight is 656 g/mol. The van der Waals surface area contributed by atoms with Crippen LogP contribution in [0, 0.1) is 5.41 Å². The second kappa shape index (κ2) is 19.8. The SMILES string of the molecule is BC(=O)CCCCCSCNC(=O)C(C)NC(=O)C(C)NC(=O)C(C)NC(=O)CCN1C(=O)CC(SCC(C)(C)CC)C1=O. The molecule has 0 aromatic rings. The van der Waals surface area contributed by atoms with E-state index in [1.165, 1.54) is 25.6 Å². The third-order valence-electron chi connectivity index (χ3n) is 7.34. The van der Waals surface area contributed by atoms with Gasteiger partial charge in [-0.1, -0.05) is 33.6 Å². The molecule has 15 heteroatoms. The molecule has 0 aromatic heterocycles. The molecule has 0 aromatic carbocycles. The molecule has 248 valence electrons. The van der Waals surface area contributed by atoms with Crippen molar-refractivity contribution in [1.29, 1.82) is 0 Å². The largest absolute Gasteiger partial charge is 0.345 e. The molecular formula is C29H50BN5O7S2. The Labute approximate surface area is 270 Å². The fourth-order valence-electron chi connectivity index (χ4n) is 3.95. The van der Waals surface area contributed by atoms with E-state index in [1.54, 1.807) is 26.5 Å². The lowest BCUT2D eigenvalue weighted by molar-refractivity contribution is -0.139. The van der Waals surface area contributed by atoms with Crippen LogP contribution in [0.1, 0.15) is 86.5 Å². The predicted octanol–water partition coefficient (Wildman–Crippen LogP) is 0.715. The van der Waals surface area contributed by atoms with Gasteiger partial charge in [0.2, 0.25) is 35.4 Å². The normalized spacial score (nSPS) is 17.0. The molecule has 0 saturated carbocycles. The Balaban J connectivity index is 2.35. The molecule has 1 aliphatic rings. The summed E-state index contributed by atoms with van der Waals surface area (Å²) in [6.07, 6.45) is 4.29. The molecule has 1 heterocycles. The Morgan fingerprint density at radius 1 is 0.909 bits per heavy atom. The first-order chi connectivity index (χ1) is 20.6. The molecule has 1 fully saturated rings. The molecule has 1 rings (SSSR count). The van der Waals surface area contributed by atoms with Crippen molar-refractivity contribution in [2.45, 2.75) is 110 Å². The monoisotopic (exact) mass is 655 g/mol. The van der Waals surface area contributed by atoms with Crippen LogP contribution in [0.2, 0.25) is 0 Å². The lowest BCUT2D eigenvalue weighted by Gasteiger charge is -2.23. The van der Waals surface area contributed by atoms with Gasteiger partial charge in [0.05, 0.1) is 16.8 Å². The molecule has 6 amide bonds. The molecule has 4 unspecified atom stereocenters. The standard InChI is InChI=1S/C29H50BN5O7S2/c1-7-29(5,6)16-44-21-15-24(38)35(28(21)42)13-12-23(37)32-19(3)26(40)34-20(4)27(41)33-18(2)25(39)31-17-43-14-10-8-9-11-22(30)36/h18-21H,7-17,30H2,1-6H3,(H,31,39)(H,32,37)(H,33,41)(H,34,40). The van der Waals surface area contributed by atoms with Crippen molar-refractivity contribution in [2.24, 2.45) is 5.41 Å². The van der Waals surface area contributed by atoms with Crippen LogP contribution in [0.25, 0.3) is 0 Å². The molecule has 1 aliphatic heterocycles. The molecule has 4 atom stereocenters. The molecule has 0 radical (unpaired) electrons. The van der Waals surface area contributed by atoms with Crippen LogP contribution >= 0.6 is 23.5 Å². The van der Waals surface area contributed by atoms with E-state index in [0.717, 1.165) is 42.1 Å². The van der Waals surface area contributed by atoms with E-state index < -0.39 is 41.1 Å². The predicted molar refractivity (Wildman–Crippen MR) is 177 cm³/mol. The summed E-state index contributed by atoms with van der Waals surface area (Å²) >= 11 is 3.03. The molecule has 1 saturated heterocycles. The Bertz CT molecular complexity index is 1050. The van der Waals surface area contributed by atoms with Gasteiger partial charge < -0.3 is 26.1 Å². The third kappa shape index (κ3) is 15.0. The molecule has 0 spiro atoms. The van der Waals surface area contributed by atoms with Gasteiger partial charge in [-0.15, -0.1) is 23.5 Å². The maximum Gasteiger partial charge on any atom is 0.242 e. The highest BCUT2D eigenvalue weighted by atomic mass is 32.2. The van der Waals surface area contributed by atoms with Crippen molar-refractivity contribution in [2.75, 3.05) is 23.9 Å². The number of thioether (sulfide) groups is 2. The number of likely N-dealkylation sites (tertiary alicyclic amines) is 1. The van der Waals surface area contributed by atoms with E-state index in [-0.39, 0.29) is 48.2 Å². The zero-order valence-electron chi connectivity index (χ0n) is 27.2. The van der Waals surface area contributed by atoms with Crippen molar-refractivity contribution in [3.8, 4) is 0 Å². The van der Waals surface area contributed by atoms with Crippen molar-refractivity contribution in [3.63, 3.8) is 0 Å². The van der Waals surface area contributed by atoms with Crippen LogP contribution in [-0.4, -0.2) is 101 Å². The van der Waals surface area contributed by atoms with Crippen molar-refractivity contribution < 1.29 is 33.6 Å². The van der Waals surface area contributed by atoms with E-state index in [4.69, 9.17) is 0 Å². The summed E-state index contributed by atoms with van der Waals surface area (Å²) in [7, 11) is 1.58. The van der Waals surface area contributed by atoms with E-state index in [0.29, 0.717) is 12.3 Å².